The molecule has 0 bridgehead atoms. The number of aryl methyl sites for hydroxylation is 1. The molecule has 0 saturated carbocycles. The smallest absolute Gasteiger partial charge is 0.206 e. The molecule has 0 spiro atoms. The molecule has 3 aromatic carbocycles. The molecule has 170 valence electrons. The topological polar surface area (TPSA) is 24.3 Å². The second kappa shape index (κ2) is 9.36. The van der Waals surface area contributed by atoms with Gasteiger partial charge in [0, 0.05) is 45.3 Å². The maximum atomic E-state index is 13.4. The second-order valence-corrected chi connectivity index (χ2v) is 9.07. The van der Waals surface area contributed by atoms with Gasteiger partial charge in [-0.3, -0.25) is 0 Å². The number of rotatable bonds is 6. The molecule has 0 amide bonds. The fourth-order valence-electron chi connectivity index (χ4n) is 5.06. The molecule has 1 aliphatic heterocycles. The van der Waals surface area contributed by atoms with E-state index >= 15 is 0 Å². The van der Waals surface area contributed by atoms with Crippen LogP contribution < -0.4 is 4.90 Å². The van der Waals surface area contributed by atoms with Crippen molar-refractivity contribution in [2.24, 2.45) is 7.05 Å². The monoisotopic (exact) mass is 442 g/mol. The molecule has 5 rings (SSSR count). The zero-order chi connectivity index (χ0) is 22.8. The Kier molecular flexibility index (Phi) is 6.14. The van der Waals surface area contributed by atoms with Crippen molar-refractivity contribution in [1.82, 2.24) is 14.5 Å². The maximum Gasteiger partial charge on any atom is 0.206 e. The van der Waals surface area contributed by atoms with Gasteiger partial charge in [0.2, 0.25) is 5.95 Å². The lowest BCUT2D eigenvalue weighted by Crippen LogP contribution is -2.44. The number of aromatic nitrogens is 2. The summed E-state index contributed by atoms with van der Waals surface area (Å²) < 4.78 is 15.6. The zero-order valence-corrected chi connectivity index (χ0v) is 19.4. The van der Waals surface area contributed by atoms with Crippen LogP contribution in [0.2, 0.25) is 0 Å². The number of hydrogen-bond acceptors (Lipinski definition) is 3. The minimum atomic E-state index is -0.216. The van der Waals surface area contributed by atoms with Gasteiger partial charge in [0.1, 0.15) is 5.82 Å². The van der Waals surface area contributed by atoms with Crippen molar-refractivity contribution in [3.63, 3.8) is 0 Å². The fourth-order valence-corrected chi connectivity index (χ4v) is 5.06. The van der Waals surface area contributed by atoms with E-state index in [1.165, 1.54) is 17.7 Å². The number of piperidine rings is 1. The number of likely N-dealkylation sites (tertiary alicyclic amines) is 1. The summed E-state index contributed by atoms with van der Waals surface area (Å²) in [4.78, 5) is 9.92. The average molecular weight is 443 g/mol. The number of fused-ring (bicyclic) bond motifs is 1. The molecule has 0 radical (unpaired) electrons. The van der Waals surface area contributed by atoms with Crippen molar-refractivity contribution >= 4 is 17.0 Å². The van der Waals surface area contributed by atoms with E-state index in [4.69, 9.17) is 4.98 Å². The molecule has 2 heterocycles. The first-order valence-corrected chi connectivity index (χ1v) is 11.8. The summed E-state index contributed by atoms with van der Waals surface area (Å²) in [6, 6.07) is 24.1. The molecule has 1 saturated heterocycles. The van der Waals surface area contributed by atoms with Crippen molar-refractivity contribution in [1.29, 1.82) is 0 Å². The number of benzene rings is 3. The van der Waals surface area contributed by atoms with Gasteiger partial charge in [-0.15, -0.1) is 0 Å². The summed E-state index contributed by atoms with van der Waals surface area (Å²) >= 11 is 0. The third-order valence-electron chi connectivity index (χ3n) is 7.01. The van der Waals surface area contributed by atoms with Crippen molar-refractivity contribution in [3.05, 3.63) is 84.2 Å². The highest BCUT2D eigenvalue weighted by atomic mass is 19.1. The van der Waals surface area contributed by atoms with E-state index in [2.05, 4.69) is 70.9 Å². The Labute approximate surface area is 195 Å². The van der Waals surface area contributed by atoms with Crippen LogP contribution in [0, 0.1) is 5.82 Å². The summed E-state index contributed by atoms with van der Waals surface area (Å²) in [5.41, 5.74) is 5.56. The molecule has 0 atom stereocenters. The lowest BCUT2D eigenvalue weighted by atomic mass is 10.0. The van der Waals surface area contributed by atoms with Crippen LogP contribution in [-0.2, 0) is 13.5 Å². The van der Waals surface area contributed by atoms with E-state index in [0.717, 1.165) is 67.0 Å². The first-order valence-electron chi connectivity index (χ1n) is 11.8. The van der Waals surface area contributed by atoms with E-state index in [1.807, 2.05) is 18.2 Å². The SMILES string of the molecule is CN(c1nc2cccc(-c3ccc(F)cc3)c2n1C)C1CCN(CCc2ccccc2)CC1. The summed E-state index contributed by atoms with van der Waals surface area (Å²) in [6.45, 7) is 3.35. The van der Waals surface area contributed by atoms with Gasteiger partial charge in [-0.25, -0.2) is 9.37 Å². The Morgan fingerprint density at radius 2 is 1.67 bits per heavy atom. The minimum absolute atomic E-state index is 0.216. The van der Waals surface area contributed by atoms with Gasteiger partial charge < -0.3 is 14.4 Å². The number of hydrogen-bond donors (Lipinski definition) is 0. The van der Waals surface area contributed by atoms with E-state index < -0.39 is 0 Å². The first kappa shape index (κ1) is 21.7. The molecule has 1 aromatic heterocycles. The van der Waals surface area contributed by atoms with E-state index in [-0.39, 0.29) is 5.82 Å². The van der Waals surface area contributed by atoms with Crippen molar-refractivity contribution < 1.29 is 4.39 Å². The Hall–Kier alpha value is -3.18. The van der Waals surface area contributed by atoms with Gasteiger partial charge in [-0.2, -0.15) is 0 Å². The van der Waals surface area contributed by atoms with Gasteiger partial charge >= 0.3 is 0 Å². The average Bonchev–Trinajstić information content (AvgIpc) is 3.20. The Bertz CT molecular complexity index is 1210. The first-order chi connectivity index (χ1) is 16.1. The summed E-state index contributed by atoms with van der Waals surface area (Å²) in [6.07, 6.45) is 3.39. The molecular weight excluding hydrogens is 411 g/mol. The standard InChI is InChI=1S/C28H31FN4/c1-31(24-16-19-33(20-17-24)18-15-21-7-4-3-5-8-21)28-30-26-10-6-9-25(27(26)32(28)2)22-11-13-23(29)14-12-22/h3-14,24H,15-20H2,1-2H3. The van der Waals surface area contributed by atoms with Crippen molar-refractivity contribution in [2.75, 3.05) is 31.6 Å². The highest BCUT2D eigenvalue weighted by Crippen LogP contribution is 2.32. The van der Waals surface area contributed by atoms with Gasteiger partial charge in [0.15, 0.2) is 0 Å². The quantitative estimate of drug-likeness (QED) is 0.393. The van der Waals surface area contributed by atoms with Crippen LogP contribution in [0.3, 0.4) is 0 Å². The number of halogens is 1. The Morgan fingerprint density at radius 1 is 0.939 bits per heavy atom. The normalized spacial score (nSPS) is 15.2. The molecule has 4 nitrogen and oxygen atoms in total. The number of anilines is 1. The lowest BCUT2D eigenvalue weighted by molar-refractivity contribution is 0.212. The summed E-state index contributed by atoms with van der Waals surface area (Å²) in [5.74, 6) is 0.772. The molecule has 4 aromatic rings. The highest BCUT2D eigenvalue weighted by molar-refractivity contribution is 5.94. The van der Waals surface area contributed by atoms with Crippen LogP contribution in [-0.4, -0.2) is 47.2 Å². The van der Waals surface area contributed by atoms with Gasteiger partial charge in [0.05, 0.1) is 11.0 Å². The Balaban J connectivity index is 1.30. The predicted octanol–water partition coefficient (Wildman–Crippen LogP) is 5.52. The van der Waals surface area contributed by atoms with Crippen LogP contribution in [0.1, 0.15) is 18.4 Å². The predicted molar refractivity (Wildman–Crippen MR) is 134 cm³/mol. The molecule has 1 fully saturated rings. The van der Waals surface area contributed by atoms with E-state index in [9.17, 15) is 4.39 Å². The lowest BCUT2D eigenvalue weighted by Gasteiger charge is -2.37. The van der Waals surface area contributed by atoms with Crippen LogP contribution >= 0.6 is 0 Å². The molecule has 0 unspecified atom stereocenters. The van der Waals surface area contributed by atoms with Gasteiger partial charge in [-0.05, 0) is 48.6 Å². The van der Waals surface area contributed by atoms with Crippen LogP contribution in [0.15, 0.2) is 72.8 Å². The van der Waals surface area contributed by atoms with E-state index in [0.29, 0.717) is 6.04 Å². The largest absolute Gasteiger partial charge is 0.342 e. The fraction of sp³-hybridized carbons (Fsp3) is 0.321. The van der Waals surface area contributed by atoms with Crippen molar-refractivity contribution in [2.45, 2.75) is 25.3 Å². The number of imidazole rings is 1. The van der Waals surface area contributed by atoms with Crippen LogP contribution in [0.5, 0.6) is 0 Å². The third-order valence-corrected chi connectivity index (χ3v) is 7.01. The maximum absolute atomic E-state index is 13.4. The molecular formula is C28H31FN4. The van der Waals surface area contributed by atoms with Crippen LogP contribution in [0.4, 0.5) is 10.3 Å². The molecule has 0 aliphatic carbocycles. The van der Waals surface area contributed by atoms with Gasteiger partial charge in [-0.1, -0.05) is 54.6 Å². The highest BCUT2D eigenvalue weighted by Gasteiger charge is 2.25. The molecule has 5 heteroatoms. The molecule has 0 N–H and O–H groups in total. The number of nitrogens with zero attached hydrogens (tertiary/aromatic N) is 4. The third kappa shape index (κ3) is 4.51. The summed E-state index contributed by atoms with van der Waals surface area (Å²) in [7, 11) is 4.26. The molecule has 1 aliphatic rings. The Morgan fingerprint density at radius 3 is 2.39 bits per heavy atom. The van der Waals surface area contributed by atoms with E-state index in [1.54, 1.807) is 0 Å². The summed E-state index contributed by atoms with van der Waals surface area (Å²) in [5, 5.41) is 0. The zero-order valence-electron chi connectivity index (χ0n) is 19.4. The molecule has 33 heavy (non-hydrogen) atoms. The minimum Gasteiger partial charge on any atom is -0.342 e. The second-order valence-electron chi connectivity index (χ2n) is 9.07. The van der Waals surface area contributed by atoms with Crippen LogP contribution in [0.25, 0.3) is 22.2 Å². The number of para-hydroxylation sites is 1. The van der Waals surface area contributed by atoms with Crippen molar-refractivity contribution in [3.8, 4) is 11.1 Å². The van der Waals surface area contributed by atoms with Gasteiger partial charge in [0.25, 0.3) is 0 Å².